The lowest BCUT2D eigenvalue weighted by Gasteiger charge is -2.22. The molecule has 0 aromatic carbocycles. The van der Waals surface area contributed by atoms with Gasteiger partial charge in [0.15, 0.2) is 20.6 Å². The third-order valence-corrected chi connectivity index (χ3v) is 6.59. The zero-order valence-electron chi connectivity index (χ0n) is 11.1. The fourth-order valence-electron chi connectivity index (χ4n) is 2.46. The minimum Gasteiger partial charge on any atom is -0.347 e. The predicted molar refractivity (Wildman–Crippen MR) is 76.6 cm³/mol. The van der Waals surface area contributed by atoms with Crippen molar-refractivity contribution < 1.29 is 8.42 Å². The second kappa shape index (κ2) is 4.17. The van der Waals surface area contributed by atoms with E-state index in [1.807, 2.05) is 25.9 Å². The maximum Gasteiger partial charge on any atom is 0.188 e. The first-order valence-corrected chi connectivity index (χ1v) is 8.74. The van der Waals surface area contributed by atoms with Crippen molar-refractivity contribution in [3.8, 4) is 0 Å². The van der Waals surface area contributed by atoms with Crippen molar-refractivity contribution in [2.45, 2.75) is 19.4 Å². The SMILES string of the molecule is Cc1nn(C)c2nc(N(C)[C@H]3CCS(=O)(=O)C3)sc12. The first kappa shape index (κ1) is 12.9. The highest BCUT2D eigenvalue weighted by Gasteiger charge is 2.32. The molecule has 3 heterocycles. The molecule has 0 spiro atoms. The van der Waals surface area contributed by atoms with Crippen molar-refractivity contribution in [2.75, 3.05) is 23.5 Å². The van der Waals surface area contributed by atoms with Gasteiger partial charge in [-0.05, 0) is 13.3 Å². The molecule has 1 fully saturated rings. The average molecular weight is 300 g/mol. The van der Waals surface area contributed by atoms with Crippen LogP contribution in [-0.2, 0) is 16.9 Å². The van der Waals surface area contributed by atoms with E-state index in [0.717, 1.165) is 21.2 Å². The zero-order chi connectivity index (χ0) is 13.8. The molecule has 1 aliphatic rings. The third kappa shape index (κ3) is 2.12. The summed E-state index contributed by atoms with van der Waals surface area (Å²) in [6.45, 7) is 1.96. The third-order valence-electron chi connectivity index (χ3n) is 3.59. The van der Waals surface area contributed by atoms with Crippen LogP contribution >= 0.6 is 11.3 Å². The topological polar surface area (TPSA) is 68.1 Å². The van der Waals surface area contributed by atoms with Crippen LogP contribution < -0.4 is 4.90 Å². The molecule has 1 saturated heterocycles. The lowest BCUT2D eigenvalue weighted by atomic mass is 10.2. The smallest absolute Gasteiger partial charge is 0.188 e. The van der Waals surface area contributed by atoms with Gasteiger partial charge in [-0.1, -0.05) is 11.3 Å². The van der Waals surface area contributed by atoms with Gasteiger partial charge in [-0.3, -0.25) is 0 Å². The average Bonchev–Trinajstić information content (AvgIpc) is 2.96. The number of nitrogens with zero attached hydrogens (tertiary/aromatic N) is 4. The van der Waals surface area contributed by atoms with Gasteiger partial charge < -0.3 is 4.90 Å². The Morgan fingerprint density at radius 1 is 1.47 bits per heavy atom. The van der Waals surface area contributed by atoms with Crippen LogP contribution in [0.25, 0.3) is 10.3 Å². The molecule has 0 radical (unpaired) electrons. The van der Waals surface area contributed by atoms with E-state index >= 15 is 0 Å². The Morgan fingerprint density at radius 2 is 2.21 bits per heavy atom. The molecular formula is C11H16N4O2S2. The second-order valence-corrected chi connectivity index (χ2v) is 8.23. The van der Waals surface area contributed by atoms with E-state index in [9.17, 15) is 8.42 Å². The Balaban J connectivity index is 1.94. The molecule has 0 bridgehead atoms. The molecule has 0 saturated carbocycles. The van der Waals surface area contributed by atoms with E-state index in [-0.39, 0.29) is 17.5 Å². The summed E-state index contributed by atoms with van der Waals surface area (Å²) in [5.41, 5.74) is 1.83. The van der Waals surface area contributed by atoms with Gasteiger partial charge in [-0.2, -0.15) is 5.10 Å². The van der Waals surface area contributed by atoms with E-state index in [1.54, 1.807) is 16.0 Å². The number of aromatic nitrogens is 3. The maximum atomic E-state index is 11.5. The highest BCUT2D eigenvalue weighted by Crippen LogP contribution is 2.32. The van der Waals surface area contributed by atoms with E-state index < -0.39 is 9.84 Å². The van der Waals surface area contributed by atoms with E-state index in [1.165, 1.54) is 0 Å². The fourth-order valence-corrected chi connectivity index (χ4v) is 5.30. The quantitative estimate of drug-likeness (QED) is 0.826. The van der Waals surface area contributed by atoms with Crippen molar-refractivity contribution in [1.29, 1.82) is 0 Å². The first-order valence-electron chi connectivity index (χ1n) is 6.11. The summed E-state index contributed by atoms with van der Waals surface area (Å²) in [5.74, 6) is 0.518. The molecule has 6 nitrogen and oxygen atoms in total. The highest BCUT2D eigenvalue weighted by atomic mass is 32.2. The van der Waals surface area contributed by atoms with Gasteiger partial charge in [0.1, 0.15) is 0 Å². The summed E-state index contributed by atoms with van der Waals surface area (Å²) in [6.07, 6.45) is 0.686. The van der Waals surface area contributed by atoms with Crippen LogP contribution in [0, 0.1) is 6.92 Å². The number of rotatable bonds is 2. The standard InChI is InChI=1S/C11H16N4O2S2/c1-7-9-10(15(3)13-7)12-11(18-9)14(2)8-4-5-19(16,17)6-8/h8H,4-6H2,1-3H3/t8-/m0/s1. The molecule has 8 heteroatoms. The van der Waals surface area contributed by atoms with Crippen molar-refractivity contribution in [1.82, 2.24) is 14.8 Å². The largest absolute Gasteiger partial charge is 0.347 e. The van der Waals surface area contributed by atoms with E-state index in [2.05, 4.69) is 10.1 Å². The monoisotopic (exact) mass is 300 g/mol. The molecule has 3 rings (SSSR count). The van der Waals surface area contributed by atoms with Crippen LogP contribution in [0.5, 0.6) is 0 Å². The molecule has 2 aromatic rings. The Morgan fingerprint density at radius 3 is 2.79 bits per heavy atom. The molecule has 1 atom stereocenters. The lowest BCUT2D eigenvalue weighted by molar-refractivity contribution is 0.601. The van der Waals surface area contributed by atoms with Gasteiger partial charge in [0.25, 0.3) is 0 Å². The number of hydrogen-bond acceptors (Lipinski definition) is 6. The molecule has 2 aromatic heterocycles. The predicted octanol–water partition coefficient (Wildman–Crippen LogP) is 0.962. The Labute approximate surface area is 116 Å². The summed E-state index contributed by atoms with van der Waals surface area (Å²) in [4.78, 5) is 6.57. The number of thiazole rings is 1. The van der Waals surface area contributed by atoms with Crippen LogP contribution in [-0.4, -0.2) is 47.8 Å². The Bertz CT molecular complexity index is 697. The number of aryl methyl sites for hydroxylation is 2. The van der Waals surface area contributed by atoms with Crippen LogP contribution in [0.1, 0.15) is 12.1 Å². The van der Waals surface area contributed by atoms with Crippen LogP contribution in [0.2, 0.25) is 0 Å². The van der Waals surface area contributed by atoms with Crippen molar-refractivity contribution in [2.24, 2.45) is 7.05 Å². The molecular weight excluding hydrogens is 284 g/mol. The van der Waals surface area contributed by atoms with Crippen molar-refractivity contribution in [3.63, 3.8) is 0 Å². The van der Waals surface area contributed by atoms with Crippen molar-refractivity contribution in [3.05, 3.63) is 5.69 Å². The van der Waals surface area contributed by atoms with Gasteiger partial charge in [0, 0.05) is 20.1 Å². The van der Waals surface area contributed by atoms with Gasteiger partial charge >= 0.3 is 0 Å². The van der Waals surface area contributed by atoms with E-state index in [0.29, 0.717) is 6.42 Å². The summed E-state index contributed by atoms with van der Waals surface area (Å²) in [7, 11) is 0.933. The fraction of sp³-hybridized carbons (Fsp3) is 0.636. The van der Waals surface area contributed by atoms with Gasteiger partial charge in [0.2, 0.25) is 0 Å². The van der Waals surface area contributed by atoms with Crippen LogP contribution in [0.4, 0.5) is 5.13 Å². The van der Waals surface area contributed by atoms with Crippen LogP contribution in [0.3, 0.4) is 0 Å². The van der Waals surface area contributed by atoms with Gasteiger partial charge in [-0.25, -0.2) is 18.1 Å². The van der Waals surface area contributed by atoms with Crippen molar-refractivity contribution >= 4 is 36.7 Å². The molecule has 19 heavy (non-hydrogen) atoms. The lowest BCUT2D eigenvalue weighted by Crippen LogP contribution is -2.32. The van der Waals surface area contributed by atoms with Crippen LogP contribution in [0.15, 0.2) is 0 Å². The Hall–Kier alpha value is -1.15. The molecule has 0 amide bonds. The molecule has 1 aliphatic heterocycles. The maximum absolute atomic E-state index is 11.5. The zero-order valence-corrected chi connectivity index (χ0v) is 12.8. The molecule has 104 valence electrons. The normalized spacial score (nSPS) is 22.2. The molecule has 0 N–H and O–H groups in total. The Kier molecular flexibility index (Phi) is 2.82. The summed E-state index contributed by atoms with van der Waals surface area (Å²) in [6, 6.07) is 0.0406. The molecule has 0 aliphatic carbocycles. The minimum atomic E-state index is -2.86. The van der Waals surface area contributed by atoms with E-state index in [4.69, 9.17) is 0 Å². The van der Waals surface area contributed by atoms with Gasteiger partial charge in [0.05, 0.1) is 21.9 Å². The number of hydrogen-bond donors (Lipinski definition) is 0. The summed E-state index contributed by atoms with van der Waals surface area (Å²) in [5, 5.41) is 5.19. The second-order valence-electron chi connectivity index (χ2n) is 5.03. The first-order chi connectivity index (χ1) is 8.87. The molecule has 0 unspecified atom stereocenters. The number of anilines is 1. The number of sulfone groups is 1. The summed E-state index contributed by atoms with van der Waals surface area (Å²) < 4.78 is 25.9. The number of fused-ring (bicyclic) bond motifs is 1. The summed E-state index contributed by atoms with van der Waals surface area (Å²) >= 11 is 1.58. The highest BCUT2D eigenvalue weighted by molar-refractivity contribution is 7.91. The van der Waals surface area contributed by atoms with Gasteiger partial charge in [-0.15, -0.1) is 0 Å². The minimum absolute atomic E-state index is 0.0406.